The molecule has 0 radical (unpaired) electrons. The van der Waals surface area contributed by atoms with Crippen LogP contribution in [-0.2, 0) is 14.6 Å². The van der Waals surface area contributed by atoms with Gasteiger partial charge in [-0.15, -0.1) is 0 Å². The van der Waals surface area contributed by atoms with Gasteiger partial charge in [-0.1, -0.05) is 0 Å². The predicted octanol–water partition coefficient (Wildman–Crippen LogP) is -3.28. The third-order valence-corrected chi connectivity index (χ3v) is 0.500. The highest BCUT2D eigenvalue weighted by atomic mass is 17.3. The quantitative estimate of drug-likeness (QED) is 0.400. The van der Waals surface area contributed by atoms with E-state index in [0.717, 1.165) is 14.2 Å². The maximum absolute atomic E-state index is 10.0. The molecule has 56 valence electrons. The zero-order valence-corrected chi connectivity index (χ0v) is 5.04. The molecule has 2 atom stereocenters. The summed E-state index contributed by atoms with van der Waals surface area (Å²) in [5.74, 6) is 0. The second kappa shape index (κ2) is 4.58. The van der Waals surface area contributed by atoms with E-state index in [1.807, 2.05) is 0 Å². The molecule has 7 heteroatoms. The lowest BCUT2D eigenvalue weighted by molar-refractivity contribution is -1.44. The molecule has 0 heterocycles. The molecule has 0 aromatic carbocycles. The zero-order valence-electron chi connectivity index (χ0n) is 5.04. The molecule has 0 aliphatic heterocycles. The molecule has 0 aliphatic carbocycles. The van der Waals surface area contributed by atoms with Crippen LogP contribution in [0.15, 0.2) is 0 Å². The van der Waals surface area contributed by atoms with Crippen LogP contribution in [0, 0.1) is 10.4 Å². The number of nitrogens with one attached hydrogen (secondary N) is 2. The molecule has 2 N–H and O–H groups in total. The van der Waals surface area contributed by atoms with E-state index in [-0.39, 0.29) is 0 Å². The average Bonchev–Trinajstić information content (AvgIpc) is 1.87. The molecule has 0 bridgehead atoms. The van der Waals surface area contributed by atoms with Crippen LogP contribution in [0.5, 0.6) is 0 Å². The monoisotopic (exact) mass is 140 g/mol. The Balaban J connectivity index is 3.22. The fourth-order valence-electron chi connectivity index (χ4n) is 0.151. The molecule has 0 aliphatic rings. The van der Waals surface area contributed by atoms with Gasteiger partial charge in [-0.05, 0) is 10.8 Å². The van der Waals surface area contributed by atoms with Crippen molar-refractivity contribution in [1.29, 1.82) is 0 Å². The number of hydrogen-bond donors (Lipinski definition) is 2. The molecule has 0 aromatic rings. The van der Waals surface area contributed by atoms with Gasteiger partial charge in [-0.3, -0.25) is 0 Å². The molecule has 0 amide bonds. The normalized spacial score (nSPS) is 17.3. The first-order valence-corrected chi connectivity index (χ1v) is 2.04. The van der Waals surface area contributed by atoms with Gasteiger partial charge in [0.2, 0.25) is 0 Å². The standard InChI is InChI=1S/C2H8N2O5/c1-7-3(5)9-4(6)8-2/h3-4H,1-2H3. The third-order valence-electron chi connectivity index (χ3n) is 0.500. The number of quaternary nitrogens is 2. The molecular formula is C2H8N2O5. The summed E-state index contributed by atoms with van der Waals surface area (Å²) < 4.78 is 0. The molecule has 0 spiro atoms. The lowest BCUT2D eigenvalue weighted by Gasteiger charge is -2.17. The molecule has 7 nitrogen and oxygen atoms in total. The van der Waals surface area contributed by atoms with E-state index in [4.69, 9.17) is 0 Å². The fraction of sp³-hybridized carbons (Fsp3) is 1.00. The van der Waals surface area contributed by atoms with E-state index in [2.05, 4.69) is 14.6 Å². The smallest absolute Gasteiger partial charge is 0.100 e. The fourth-order valence-corrected chi connectivity index (χ4v) is 0.151. The molecule has 0 saturated heterocycles. The van der Waals surface area contributed by atoms with Crippen molar-refractivity contribution in [1.82, 2.24) is 0 Å². The summed E-state index contributed by atoms with van der Waals surface area (Å²) in [7, 11) is 2.18. The highest BCUT2D eigenvalue weighted by Gasteiger charge is 2.01. The summed E-state index contributed by atoms with van der Waals surface area (Å²) in [5, 5.41) is 17.9. The Bertz CT molecular complexity index is 62.0. The van der Waals surface area contributed by atoms with Gasteiger partial charge in [0.05, 0.1) is 4.94 Å². The molecule has 0 rings (SSSR count). The zero-order chi connectivity index (χ0) is 7.28. The summed E-state index contributed by atoms with van der Waals surface area (Å²) >= 11 is 0. The van der Waals surface area contributed by atoms with Gasteiger partial charge in [-0.25, -0.2) is 0 Å². The third kappa shape index (κ3) is 4.24. The molecule has 0 fully saturated rings. The summed E-state index contributed by atoms with van der Waals surface area (Å²) in [4.78, 5) is 11.7. The number of hydrogen-bond acceptors (Lipinski definition) is 5. The minimum Gasteiger partial charge on any atom is -0.561 e. The highest BCUT2D eigenvalue weighted by molar-refractivity contribution is 3.78. The van der Waals surface area contributed by atoms with Crippen molar-refractivity contribution in [2.24, 2.45) is 0 Å². The van der Waals surface area contributed by atoms with Gasteiger partial charge in [0.1, 0.15) is 14.2 Å². The van der Waals surface area contributed by atoms with Crippen LogP contribution in [0.25, 0.3) is 0 Å². The predicted molar refractivity (Wildman–Crippen MR) is 23.8 cm³/mol. The van der Waals surface area contributed by atoms with Crippen LogP contribution in [0.4, 0.5) is 0 Å². The van der Waals surface area contributed by atoms with Crippen molar-refractivity contribution in [3.63, 3.8) is 0 Å². The van der Waals surface area contributed by atoms with Crippen molar-refractivity contribution >= 4 is 0 Å². The van der Waals surface area contributed by atoms with Gasteiger partial charge < -0.3 is 10.4 Å². The van der Waals surface area contributed by atoms with E-state index in [9.17, 15) is 10.4 Å². The van der Waals surface area contributed by atoms with E-state index in [0.29, 0.717) is 0 Å². The van der Waals surface area contributed by atoms with Crippen molar-refractivity contribution in [2.75, 3.05) is 14.2 Å². The first-order valence-electron chi connectivity index (χ1n) is 2.04. The highest BCUT2D eigenvalue weighted by Crippen LogP contribution is 1.39. The maximum atomic E-state index is 10.0. The first-order chi connectivity index (χ1) is 4.20. The summed E-state index contributed by atoms with van der Waals surface area (Å²) in [6, 6.07) is 0. The van der Waals surface area contributed by atoms with E-state index in [1.54, 1.807) is 0 Å². The van der Waals surface area contributed by atoms with Gasteiger partial charge >= 0.3 is 0 Å². The Kier molecular flexibility index (Phi) is 4.44. The lowest BCUT2D eigenvalue weighted by atomic mass is 11.7. The Labute approximate surface area is 51.3 Å². The Morgan fingerprint density at radius 1 is 1.00 bits per heavy atom. The van der Waals surface area contributed by atoms with Crippen LogP contribution in [0.2, 0.25) is 0 Å². The Morgan fingerprint density at radius 3 is 1.56 bits per heavy atom. The minimum absolute atomic E-state index is 1.08. The van der Waals surface area contributed by atoms with Crippen molar-refractivity contribution in [3.8, 4) is 0 Å². The molecule has 0 aromatic heterocycles. The first kappa shape index (κ1) is 8.72. The Morgan fingerprint density at radius 2 is 1.33 bits per heavy atom. The van der Waals surface area contributed by atoms with Gasteiger partial charge in [0.15, 0.2) is 0 Å². The van der Waals surface area contributed by atoms with E-state index in [1.165, 1.54) is 0 Å². The SMILES string of the molecule is CO[NH+]([O-])O[NH+]([O-])OC. The summed E-state index contributed by atoms with van der Waals surface area (Å²) in [5.41, 5.74) is 0. The summed E-state index contributed by atoms with van der Waals surface area (Å²) in [6.07, 6.45) is 0. The van der Waals surface area contributed by atoms with Gasteiger partial charge in [0.25, 0.3) is 0 Å². The molecule has 9 heavy (non-hydrogen) atoms. The second-order valence-corrected chi connectivity index (χ2v) is 1.01. The van der Waals surface area contributed by atoms with E-state index >= 15 is 0 Å². The summed E-state index contributed by atoms with van der Waals surface area (Å²) in [6.45, 7) is 0. The lowest BCUT2D eigenvalue weighted by Crippen LogP contribution is -3.24. The van der Waals surface area contributed by atoms with Crippen molar-refractivity contribution in [2.45, 2.75) is 0 Å². The molecule has 2 unspecified atom stereocenters. The topological polar surface area (TPSA) is 82.7 Å². The van der Waals surface area contributed by atoms with Gasteiger partial charge in [-0.2, -0.15) is 9.68 Å². The molecule has 0 saturated carbocycles. The molecular weight excluding hydrogens is 132 g/mol. The minimum atomic E-state index is -1.08. The largest absolute Gasteiger partial charge is 0.561 e. The van der Waals surface area contributed by atoms with Crippen LogP contribution in [0.3, 0.4) is 0 Å². The Hall–Kier alpha value is -0.280. The number of rotatable bonds is 4. The van der Waals surface area contributed by atoms with E-state index < -0.39 is 10.8 Å². The van der Waals surface area contributed by atoms with Crippen molar-refractivity contribution < 1.29 is 25.4 Å². The van der Waals surface area contributed by atoms with Crippen LogP contribution in [-0.4, -0.2) is 14.2 Å². The second-order valence-electron chi connectivity index (χ2n) is 1.01. The van der Waals surface area contributed by atoms with Crippen LogP contribution >= 0.6 is 0 Å². The average molecular weight is 140 g/mol. The van der Waals surface area contributed by atoms with Crippen LogP contribution < -0.4 is 10.8 Å². The van der Waals surface area contributed by atoms with Gasteiger partial charge in [0, 0.05) is 0 Å². The van der Waals surface area contributed by atoms with Crippen LogP contribution in [0.1, 0.15) is 0 Å². The maximum Gasteiger partial charge on any atom is 0.100 e. The van der Waals surface area contributed by atoms with Crippen molar-refractivity contribution in [3.05, 3.63) is 10.4 Å².